The predicted octanol–water partition coefficient (Wildman–Crippen LogP) is 8.18. The van der Waals surface area contributed by atoms with E-state index in [1.807, 2.05) is 0 Å². The van der Waals surface area contributed by atoms with E-state index in [0.717, 1.165) is 6.42 Å². The van der Waals surface area contributed by atoms with Crippen LogP contribution in [0.3, 0.4) is 0 Å². The molecule has 1 saturated carbocycles. The van der Waals surface area contributed by atoms with Gasteiger partial charge in [-0.3, -0.25) is 9.59 Å². The van der Waals surface area contributed by atoms with Crippen LogP contribution in [0.5, 0.6) is 34.8 Å². The fourth-order valence-electron chi connectivity index (χ4n) is 8.86. The van der Waals surface area contributed by atoms with E-state index in [9.17, 15) is 9.59 Å². The molecule has 6 aromatic rings. The number of ether oxygens (including phenoxy) is 8. The largest absolute Gasteiger partial charge is 0.495 e. The van der Waals surface area contributed by atoms with Gasteiger partial charge in [0.25, 0.3) is 0 Å². The van der Waals surface area contributed by atoms with Crippen LogP contribution >= 0.6 is 46.4 Å². The molecule has 20 nitrogen and oxygen atoms in total. The van der Waals surface area contributed by atoms with Gasteiger partial charge in [0.05, 0.1) is 111 Å². The summed E-state index contributed by atoms with van der Waals surface area (Å²) in [5.41, 5.74) is 2.26. The van der Waals surface area contributed by atoms with Crippen LogP contribution in [0.15, 0.2) is 62.0 Å². The van der Waals surface area contributed by atoms with E-state index in [1.165, 1.54) is 40.6 Å². The number of fused-ring (bicyclic) bond motifs is 2. The highest BCUT2D eigenvalue weighted by atomic mass is 35.5. The monoisotopic (exact) mass is 1100 g/mol. The quantitative estimate of drug-likeness (QED) is 0.0528. The Balaban J connectivity index is 0.946. The molecule has 6 atom stereocenters. The van der Waals surface area contributed by atoms with Crippen LogP contribution in [0.25, 0.3) is 44.3 Å². The standard InChI is InChI=1S/C51H52Cl4N10O10/c1-7-38(66)58-28-9-11-72-22-32(28)62-50-56-18-24-14-30(60-48(71-6)46(24)64-50)41-44(54)36(70-5)17-37(45(41)55)74-20-26-13-27(26)21-75-49-47-25(15-31(61-49)40-42(52)34(68-3)16-35(69-4)43(40)53)19-57-51(65-47)63-33-23-73-12-10-29(33)59-39(67)8-2/h7-8,14-19,26-29,32-33H,1-2,9-13,20-23H2,3-6H3,(H,58,66)(H,59,67)(H,56,62,64)(H,57,63,65)/t26?,27?,28-,29-,32+,33+/m0/s1. The first kappa shape index (κ1) is 53.2. The van der Waals surface area contributed by atoms with Gasteiger partial charge >= 0.3 is 0 Å². The Hall–Kier alpha value is -6.68. The Labute approximate surface area is 451 Å². The lowest BCUT2D eigenvalue weighted by Crippen LogP contribution is -2.52. The Bertz CT molecular complexity index is 3150. The fraction of sp³-hybridized carbons (Fsp3) is 0.373. The first-order valence-corrected chi connectivity index (χ1v) is 25.2. The Kier molecular flexibility index (Phi) is 16.6. The number of halogens is 4. The van der Waals surface area contributed by atoms with Gasteiger partial charge in [-0.1, -0.05) is 59.6 Å². The van der Waals surface area contributed by atoms with Gasteiger partial charge in [-0.25, -0.2) is 29.9 Å². The molecule has 2 aliphatic heterocycles. The minimum Gasteiger partial charge on any atom is -0.495 e. The van der Waals surface area contributed by atoms with Crippen molar-refractivity contribution in [1.82, 2.24) is 40.5 Å². The van der Waals surface area contributed by atoms with Gasteiger partial charge in [0, 0.05) is 59.6 Å². The zero-order valence-electron chi connectivity index (χ0n) is 41.1. The van der Waals surface area contributed by atoms with Gasteiger partial charge in [-0.2, -0.15) is 0 Å². The number of nitrogens with zero attached hydrogens (tertiary/aromatic N) is 6. The number of carbonyl (C=O) groups is 2. The van der Waals surface area contributed by atoms with E-state index in [4.69, 9.17) is 104 Å². The summed E-state index contributed by atoms with van der Waals surface area (Å²) in [6.45, 7) is 9.26. The van der Waals surface area contributed by atoms with Crippen molar-refractivity contribution >= 4 is 91.9 Å². The van der Waals surface area contributed by atoms with Gasteiger partial charge in [-0.15, -0.1) is 0 Å². The molecule has 3 aliphatic rings. The molecular formula is C51H52Cl4N10O10. The lowest BCUT2D eigenvalue weighted by atomic mass is 10.0. The summed E-state index contributed by atoms with van der Waals surface area (Å²) in [6.07, 6.45) is 7.66. The third-order valence-corrected chi connectivity index (χ3v) is 14.5. The molecule has 4 aromatic heterocycles. The Morgan fingerprint density at radius 1 is 0.600 bits per heavy atom. The number of methoxy groups -OCH3 is 4. The molecule has 6 heterocycles. The molecular weight excluding hydrogens is 1050 g/mol. The van der Waals surface area contributed by atoms with Gasteiger partial charge in [0.2, 0.25) is 35.5 Å². The van der Waals surface area contributed by atoms with Crippen molar-refractivity contribution in [1.29, 1.82) is 0 Å². The van der Waals surface area contributed by atoms with Crippen LogP contribution in [-0.4, -0.2) is 134 Å². The molecule has 2 amide bonds. The number of amides is 2. The van der Waals surface area contributed by atoms with Crippen LogP contribution in [0, 0.1) is 11.8 Å². The van der Waals surface area contributed by atoms with Crippen molar-refractivity contribution in [2.24, 2.45) is 11.8 Å². The van der Waals surface area contributed by atoms with E-state index >= 15 is 0 Å². The topological polar surface area (TPSA) is 233 Å². The average Bonchev–Trinajstić information content (AvgIpc) is 4.19. The Morgan fingerprint density at radius 2 is 1.04 bits per heavy atom. The smallest absolute Gasteiger partial charge is 0.243 e. The number of aromatic nitrogens is 6. The van der Waals surface area contributed by atoms with E-state index in [2.05, 4.69) is 44.4 Å². The first-order valence-electron chi connectivity index (χ1n) is 23.7. The highest BCUT2D eigenvalue weighted by Gasteiger charge is 2.39. The second-order valence-corrected chi connectivity index (χ2v) is 19.2. The van der Waals surface area contributed by atoms with Crippen molar-refractivity contribution in [3.63, 3.8) is 0 Å². The van der Waals surface area contributed by atoms with Gasteiger partial charge in [0.15, 0.2) is 0 Å². The number of pyridine rings is 2. The highest BCUT2D eigenvalue weighted by Crippen LogP contribution is 2.49. The number of carbonyl (C=O) groups excluding carboxylic acids is 2. The second-order valence-electron chi connectivity index (χ2n) is 17.7. The fourth-order valence-corrected chi connectivity index (χ4v) is 10.2. The molecule has 0 radical (unpaired) electrons. The molecule has 0 spiro atoms. The zero-order valence-corrected chi connectivity index (χ0v) is 44.2. The first-order chi connectivity index (χ1) is 36.3. The molecule has 24 heteroatoms. The van der Waals surface area contributed by atoms with Crippen molar-refractivity contribution in [3.05, 3.63) is 82.1 Å². The molecule has 394 valence electrons. The van der Waals surface area contributed by atoms with Crippen LogP contribution in [0.1, 0.15) is 19.3 Å². The minimum absolute atomic E-state index is 0.0447. The van der Waals surface area contributed by atoms with Gasteiger partial charge in [-0.05, 0) is 55.4 Å². The second kappa shape index (κ2) is 23.5. The maximum atomic E-state index is 12.3. The van der Waals surface area contributed by atoms with Crippen molar-refractivity contribution in [3.8, 4) is 57.3 Å². The lowest BCUT2D eigenvalue weighted by molar-refractivity contribution is -0.118. The molecule has 0 bridgehead atoms. The molecule has 2 saturated heterocycles. The third-order valence-electron chi connectivity index (χ3n) is 13.0. The summed E-state index contributed by atoms with van der Waals surface area (Å²) in [5.74, 6) is 1.74. The van der Waals surface area contributed by atoms with Crippen LogP contribution in [0.2, 0.25) is 20.1 Å². The number of benzene rings is 2. The van der Waals surface area contributed by atoms with Gasteiger partial charge < -0.3 is 59.2 Å². The summed E-state index contributed by atoms with van der Waals surface area (Å²) in [7, 11) is 5.95. The van der Waals surface area contributed by atoms with E-state index in [-0.39, 0.29) is 105 Å². The summed E-state index contributed by atoms with van der Waals surface area (Å²) < 4.78 is 46.9. The molecule has 9 rings (SSSR count). The minimum atomic E-state index is -0.341. The third kappa shape index (κ3) is 11.6. The van der Waals surface area contributed by atoms with Crippen molar-refractivity contribution in [2.75, 3.05) is 78.7 Å². The number of nitrogens with one attached hydrogen (secondary N) is 4. The Morgan fingerprint density at radius 3 is 1.51 bits per heavy atom. The SMILES string of the molecule is C=CC(=O)N[C@H]1CCOC[C@H]1Nc1ncc2cc(-c3c(Cl)c(OC)cc(OCC4CC4COc4nc(-c5c(Cl)c(OC)cc(OC)c5Cl)cc5cnc(N[C@@H]6COCC[C@@H]6NC(=O)C=C)nc45)c3Cl)nc(OC)c2n1. The summed E-state index contributed by atoms with van der Waals surface area (Å²) in [6, 6.07) is 5.59. The van der Waals surface area contributed by atoms with Crippen molar-refractivity contribution in [2.45, 2.75) is 43.4 Å². The van der Waals surface area contributed by atoms with E-state index in [0.29, 0.717) is 107 Å². The highest BCUT2D eigenvalue weighted by molar-refractivity contribution is 6.41. The molecule has 2 unspecified atom stereocenters. The summed E-state index contributed by atoms with van der Waals surface area (Å²) >= 11 is 27.9. The lowest BCUT2D eigenvalue weighted by Gasteiger charge is -2.32. The number of anilines is 2. The molecule has 1 aliphatic carbocycles. The van der Waals surface area contributed by atoms with Crippen molar-refractivity contribution < 1.29 is 47.5 Å². The molecule has 3 fully saturated rings. The molecule has 75 heavy (non-hydrogen) atoms. The van der Waals surface area contributed by atoms with E-state index < -0.39 is 0 Å². The zero-order chi connectivity index (χ0) is 52.9. The summed E-state index contributed by atoms with van der Waals surface area (Å²) in [4.78, 5) is 52.8. The maximum Gasteiger partial charge on any atom is 0.243 e. The average molecular weight is 1110 g/mol. The number of rotatable bonds is 20. The normalized spacial score (nSPS) is 20.1. The number of hydrogen-bond acceptors (Lipinski definition) is 18. The summed E-state index contributed by atoms with van der Waals surface area (Å²) in [5, 5.41) is 14.5. The molecule has 2 aromatic carbocycles. The number of hydrogen-bond donors (Lipinski definition) is 4. The van der Waals surface area contributed by atoms with E-state index in [1.54, 1.807) is 36.7 Å². The van der Waals surface area contributed by atoms with Crippen LogP contribution in [0.4, 0.5) is 11.9 Å². The van der Waals surface area contributed by atoms with Crippen LogP contribution < -0.4 is 49.7 Å². The van der Waals surface area contributed by atoms with Gasteiger partial charge in [0.1, 0.15) is 34.0 Å². The van der Waals surface area contributed by atoms with Crippen LogP contribution in [-0.2, 0) is 19.1 Å². The molecule has 4 N–H and O–H groups in total. The predicted molar refractivity (Wildman–Crippen MR) is 284 cm³/mol. The maximum absolute atomic E-state index is 12.3.